The van der Waals surface area contributed by atoms with E-state index in [9.17, 15) is 4.79 Å². The quantitative estimate of drug-likeness (QED) is 0.252. The van der Waals surface area contributed by atoms with Crippen LogP contribution in [-0.4, -0.2) is 22.4 Å². The summed E-state index contributed by atoms with van der Waals surface area (Å²) in [5, 5.41) is 16.3. The Bertz CT molecular complexity index is 344. The van der Waals surface area contributed by atoms with E-state index < -0.39 is 12.2 Å². The molecule has 0 radical (unpaired) electrons. The standard InChI is InChI=1S/C18H30O2.C2H7NO/c1-2-3-4-5-6-7-8-9-10-11-12-13-14-15-16-17-18(19)20;1-2(3)4/h3-4,6-7,9-10H,2,5,8,11-17H2,1H3,(H,19,20);2,4H,3H2,1H3/b4-3-,7-6-,10-9-;. The van der Waals surface area contributed by atoms with E-state index >= 15 is 0 Å². The normalized spacial score (nSPS) is 12.7. The second-order valence-electron chi connectivity index (χ2n) is 5.73. The van der Waals surface area contributed by atoms with Crippen molar-refractivity contribution in [2.75, 3.05) is 0 Å². The summed E-state index contributed by atoms with van der Waals surface area (Å²) in [7, 11) is 0. The van der Waals surface area contributed by atoms with Gasteiger partial charge in [0.25, 0.3) is 0 Å². The summed E-state index contributed by atoms with van der Waals surface area (Å²) in [4.78, 5) is 10.3. The van der Waals surface area contributed by atoms with Crippen LogP contribution in [0.4, 0.5) is 0 Å². The van der Waals surface area contributed by atoms with Crippen LogP contribution in [-0.2, 0) is 4.79 Å². The van der Waals surface area contributed by atoms with Crippen molar-refractivity contribution in [3.8, 4) is 0 Å². The van der Waals surface area contributed by atoms with Crippen LogP contribution < -0.4 is 5.73 Å². The molecule has 24 heavy (non-hydrogen) atoms. The van der Waals surface area contributed by atoms with Gasteiger partial charge in [0.2, 0.25) is 0 Å². The maximum atomic E-state index is 10.3. The predicted molar refractivity (Wildman–Crippen MR) is 103 cm³/mol. The topological polar surface area (TPSA) is 83.5 Å². The van der Waals surface area contributed by atoms with E-state index in [1.54, 1.807) is 0 Å². The fourth-order valence-electron chi connectivity index (χ4n) is 1.90. The molecule has 0 bridgehead atoms. The molecule has 0 spiro atoms. The van der Waals surface area contributed by atoms with Crippen molar-refractivity contribution >= 4 is 5.97 Å². The minimum absolute atomic E-state index is 0.319. The molecule has 4 heteroatoms. The molecule has 0 aromatic rings. The van der Waals surface area contributed by atoms with E-state index in [4.69, 9.17) is 10.2 Å². The van der Waals surface area contributed by atoms with Gasteiger partial charge < -0.3 is 15.9 Å². The molecule has 0 aliphatic heterocycles. The third-order valence-electron chi connectivity index (χ3n) is 3.04. The zero-order valence-corrected chi connectivity index (χ0v) is 15.5. The van der Waals surface area contributed by atoms with Crippen molar-refractivity contribution in [2.24, 2.45) is 5.73 Å². The van der Waals surface area contributed by atoms with Gasteiger partial charge in [-0.2, -0.15) is 0 Å². The molecule has 0 saturated carbocycles. The number of aliphatic hydroxyl groups excluding tert-OH is 1. The average Bonchev–Trinajstić information content (AvgIpc) is 2.50. The van der Waals surface area contributed by atoms with Crippen LogP contribution in [0.5, 0.6) is 0 Å². The molecule has 0 aliphatic carbocycles. The monoisotopic (exact) mass is 339 g/mol. The molecular weight excluding hydrogens is 302 g/mol. The van der Waals surface area contributed by atoms with Gasteiger partial charge in [-0.25, -0.2) is 0 Å². The number of nitrogens with two attached hydrogens (primary N) is 1. The smallest absolute Gasteiger partial charge is 0.303 e. The summed E-state index contributed by atoms with van der Waals surface area (Å²) >= 11 is 0. The number of hydrogen-bond donors (Lipinski definition) is 3. The number of carbonyl (C=O) groups is 1. The molecule has 0 fully saturated rings. The first kappa shape index (κ1) is 24.9. The third-order valence-corrected chi connectivity index (χ3v) is 3.04. The highest BCUT2D eigenvalue weighted by Gasteiger charge is 1.95. The summed E-state index contributed by atoms with van der Waals surface area (Å²) in [5.74, 6) is -0.675. The Labute approximate surface area is 148 Å². The number of aliphatic carboxylic acids is 1. The summed E-state index contributed by atoms with van der Waals surface area (Å²) < 4.78 is 0. The maximum Gasteiger partial charge on any atom is 0.303 e. The van der Waals surface area contributed by atoms with Crippen molar-refractivity contribution in [3.63, 3.8) is 0 Å². The molecule has 0 rings (SSSR count). The molecule has 0 heterocycles. The van der Waals surface area contributed by atoms with Gasteiger partial charge in [0.15, 0.2) is 0 Å². The molecule has 0 saturated heterocycles. The van der Waals surface area contributed by atoms with Gasteiger partial charge in [0.05, 0.1) is 6.23 Å². The number of rotatable bonds is 13. The Hall–Kier alpha value is -1.39. The number of allylic oxidation sites excluding steroid dienone is 6. The van der Waals surface area contributed by atoms with Gasteiger partial charge in [-0.1, -0.05) is 62.6 Å². The highest BCUT2D eigenvalue weighted by atomic mass is 16.4. The molecule has 4 nitrogen and oxygen atoms in total. The number of carboxylic acid groups (broad SMARTS) is 1. The lowest BCUT2D eigenvalue weighted by Gasteiger charge is -1.98. The van der Waals surface area contributed by atoms with Crippen LogP contribution >= 0.6 is 0 Å². The average molecular weight is 340 g/mol. The second kappa shape index (κ2) is 21.6. The van der Waals surface area contributed by atoms with Crippen LogP contribution in [0.3, 0.4) is 0 Å². The molecule has 140 valence electrons. The van der Waals surface area contributed by atoms with Crippen LogP contribution in [0.15, 0.2) is 36.5 Å². The van der Waals surface area contributed by atoms with Crippen LogP contribution in [0.1, 0.15) is 78.1 Å². The third kappa shape index (κ3) is 32.5. The van der Waals surface area contributed by atoms with E-state index in [1.807, 2.05) is 0 Å². The minimum atomic E-state index is -0.675. The summed E-state index contributed by atoms with van der Waals surface area (Å²) in [5.41, 5.74) is 4.67. The Balaban J connectivity index is 0. The molecule has 4 N–H and O–H groups in total. The van der Waals surface area contributed by atoms with Crippen molar-refractivity contribution in [1.82, 2.24) is 0 Å². The Morgan fingerprint density at radius 3 is 1.92 bits per heavy atom. The summed E-state index contributed by atoms with van der Waals surface area (Å²) in [6, 6.07) is 0. The van der Waals surface area contributed by atoms with Crippen molar-refractivity contribution in [3.05, 3.63) is 36.5 Å². The van der Waals surface area contributed by atoms with E-state index in [2.05, 4.69) is 49.1 Å². The lowest BCUT2D eigenvalue weighted by atomic mass is 10.1. The van der Waals surface area contributed by atoms with E-state index in [-0.39, 0.29) is 0 Å². The molecular formula is C20H37NO3. The van der Waals surface area contributed by atoms with Gasteiger partial charge >= 0.3 is 5.97 Å². The fourth-order valence-corrected chi connectivity index (χ4v) is 1.90. The zero-order valence-electron chi connectivity index (χ0n) is 15.5. The Morgan fingerprint density at radius 1 is 0.917 bits per heavy atom. The molecule has 0 aliphatic rings. The van der Waals surface area contributed by atoms with Crippen molar-refractivity contribution < 1.29 is 15.0 Å². The Morgan fingerprint density at radius 2 is 1.38 bits per heavy atom. The number of aliphatic hydroxyl groups is 1. The van der Waals surface area contributed by atoms with Crippen LogP contribution in [0, 0.1) is 0 Å². The molecule has 1 unspecified atom stereocenters. The second-order valence-corrected chi connectivity index (χ2v) is 5.73. The fraction of sp³-hybridized carbons (Fsp3) is 0.650. The lowest BCUT2D eigenvalue weighted by Crippen LogP contribution is -2.11. The van der Waals surface area contributed by atoms with Gasteiger partial charge in [-0.3, -0.25) is 4.79 Å². The van der Waals surface area contributed by atoms with Crippen molar-refractivity contribution in [1.29, 1.82) is 0 Å². The van der Waals surface area contributed by atoms with Crippen LogP contribution in [0.2, 0.25) is 0 Å². The van der Waals surface area contributed by atoms with E-state index in [0.29, 0.717) is 6.42 Å². The number of unbranched alkanes of at least 4 members (excludes halogenated alkanes) is 5. The molecule has 0 amide bonds. The number of hydrogen-bond acceptors (Lipinski definition) is 3. The summed E-state index contributed by atoms with van der Waals surface area (Å²) in [6.07, 6.45) is 22.7. The first-order valence-corrected chi connectivity index (χ1v) is 9.11. The lowest BCUT2D eigenvalue weighted by molar-refractivity contribution is -0.137. The highest BCUT2D eigenvalue weighted by molar-refractivity contribution is 5.66. The number of carboxylic acids is 1. The summed E-state index contributed by atoms with van der Waals surface area (Å²) in [6.45, 7) is 3.65. The van der Waals surface area contributed by atoms with Crippen molar-refractivity contribution in [2.45, 2.75) is 84.3 Å². The molecule has 1 atom stereocenters. The highest BCUT2D eigenvalue weighted by Crippen LogP contribution is 2.07. The zero-order chi connectivity index (χ0) is 18.5. The predicted octanol–water partition coefficient (Wildman–Crippen LogP) is 4.94. The van der Waals surface area contributed by atoms with E-state index in [1.165, 1.54) is 19.8 Å². The molecule has 0 aromatic heterocycles. The maximum absolute atomic E-state index is 10.3. The first-order valence-electron chi connectivity index (χ1n) is 9.11. The Kier molecular flexibility index (Phi) is 22.4. The minimum Gasteiger partial charge on any atom is -0.481 e. The van der Waals surface area contributed by atoms with Gasteiger partial charge in [-0.05, 0) is 45.4 Å². The van der Waals surface area contributed by atoms with E-state index in [0.717, 1.165) is 44.9 Å². The SMILES string of the molecule is CC(N)O.CC/C=C\C/C=C\C/C=C\CCCCCCCC(=O)O. The van der Waals surface area contributed by atoms with Gasteiger partial charge in [-0.15, -0.1) is 0 Å². The van der Waals surface area contributed by atoms with Gasteiger partial charge in [0.1, 0.15) is 0 Å². The largest absolute Gasteiger partial charge is 0.481 e. The van der Waals surface area contributed by atoms with Crippen LogP contribution in [0.25, 0.3) is 0 Å². The van der Waals surface area contributed by atoms with Gasteiger partial charge in [0, 0.05) is 6.42 Å². The first-order chi connectivity index (χ1) is 11.5. The molecule has 0 aromatic carbocycles.